The molecule has 4 aromatic rings. The van der Waals surface area contributed by atoms with E-state index in [1.165, 1.54) is 11.1 Å². The van der Waals surface area contributed by atoms with Gasteiger partial charge in [0.1, 0.15) is 18.2 Å². The van der Waals surface area contributed by atoms with Gasteiger partial charge in [0.05, 0.1) is 5.56 Å². The average Bonchev–Trinajstić information content (AvgIpc) is 2.95. The highest BCUT2D eigenvalue weighted by Crippen LogP contribution is 2.23. The first-order valence-corrected chi connectivity index (χ1v) is 12.2. The quantitative estimate of drug-likeness (QED) is 0.383. The molecule has 0 saturated carbocycles. The standard InChI is InChI=1S/C30H28N4O3/c31-29(35)26-10-3-4-11-27(26)37-20-21-6-5-9-24(16-21)30(36)33-18-22-12-13-28(32-17-22)34-15-14-23-7-1-2-8-25(23)19-34/h1-13,16-17H,14-15,18-20H2,(H2,31,35)(H,33,36). The molecule has 37 heavy (non-hydrogen) atoms. The minimum absolute atomic E-state index is 0.184. The number of fused-ring (bicyclic) bond motifs is 1. The van der Waals surface area contributed by atoms with Gasteiger partial charge in [-0.1, -0.05) is 54.6 Å². The molecule has 5 rings (SSSR count). The van der Waals surface area contributed by atoms with Gasteiger partial charge in [0.25, 0.3) is 11.8 Å². The van der Waals surface area contributed by atoms with Crippen LogP contribution in [-0.2, 0) is 26.1 Å². The Morgan fingerprint density at radius 3 is 2.54 bits per heavy atom. The van der Waals surface area contributed by atoms with E-state index in [1.807, 2.05) is 24.4 Å². The second-order valence-electron chi connectivity index (χ2n) is 9.00. The Morgan fingerprint density at radius 1 is 0.919 bits per heavy atom. The minimum Gasteiger partial charge on any atom is -0.488 e. The summed E-state index contributed by atoms with van der Waals surface area (Å²) in [4.78, 5) is 31.3. The number of hydrogen-bond donors (Lipinski definition) is 2. The molecule has 1 aliphatic heterocycles. The van der Waals surface area contributed by atoms with Crippen molar-refractivity contribution in [2.75, 3.05) is 11.4 Å². The van der Waals surface area contributed by atoms with Crippen molar-refractivity contribution < 1.29 is 14.3 Å². The van der Waals surface area contributed by atoms with Gasteiger partial charge in [0, 0.05) is 31.4 Å². The van der Waals surface area contributed by atoms with Crippen molar-refractivity contribution in [2.24, 2.45) is 5.73 Å². The maximum Gasteiger partial charge on any atom is 0.252 e. The van der Waals surface area contributed by atoms with Gasteiger partial charge in [-0.25, -0.2) is 4.98 Å². The van der Waals surface area contributed by atoms with Crippen LogP contribution in [0.1, 0.15) is 43.0 Å². The number of nitrogens with two attached hydrogens (primary N) is 1. The molecule has 3 aromatic carbocycles. The van der Waals surface area contributed by atoms with Crippen LogP contribution in [0.2, 0.25) is 0 Å². The minimum atomic E-state index is -0.549. The van der Waals surface area contributed by atoms with E-state index in [1.54, 1.807) is 42.5 Å². The van der Waals surface area contributed by atoms with Crippen molar-refractivity contribution in [3.05, 3.63) is 125 Å². The second kappa shape index (κ2) is 11.0. The Balaban J connectivity index is 1.16. The molecule has 0 bridgehead atoms. The topological polar surface area (TPSA) is 97.6 Å². The molecule has 2 amide bonds. The number of nitrogens with zero attached hydrogens (tertiary/aromatic N) is 2. The number of para-hydroxylation sites is 1. The van der Waals surface area contributed by atoms with Gasteiger partial charge >= 0.3 is 0 Å². The fourth-order valence-corrected chi connectivity index (χ4v) is 4.44. The summed E-state index contributed by atoms with van der Waals surface area (Å²) in [5.74, 6) is 0.619. The average molecular weight is 493 g/mol. The third-order valence-electron chi connectivity index (χ3n) is 6.45. The first-order chi connectivity index (χ1) is 18.1. The highest BCUT2D eigenvalue weighted by molar-refractivity contribution is 5.95. The lowest BCUT2D eigenvalue weighted by Gasteiger charge is -2.29. The molecule has 7 heteroatoms. The highest BCUT2D eigenvalue weighted by Gasteiger charge is 2.17. The molecule has 0 spiro atoms. The Morgan fingerprint density at radius 2 is 1.73 bits per heavy atom. The molecule has 186 valence electrons. The van der Waals surface area contributed by atoms with Crippen molar-refractivity contribution in [3.63, 3.8) is 0 Å². The number of nitrogens with one attached hydrogen (secondary N) is 1. The highest BCUT2D eigenvalue weighted by atomic mass is 16.5. The Bertz CT molecular complexity index is 1420. The molecule has 0 fully saturated rings. The number of benzene rings is 3. The van der Waals surface area contributed by atoms with Crippen LogP contribution in [0.4, 0.5) is 5.82 Å². The second-order valence-corrected chi connectivity index (χ2v) is 9.00. The van der Waals surface area contributed by atoms with Crippen LogP contribution < -0.4 is 20.7 Å². The largest absolute Gasteiger partial charge is 0.488 e. The van der Waals surface area contributed by atoms with E-state index < -0.39 is 5.91 Å². The number of anilines is 1. The smallest absolute Gasteiger partial charge is 0.252 e. The normalized spacial score (nSPS) is 12.5. The van der Waals surface area contributed by atoms with Crippen LogP contribution in [0, 0.1) is 0 Å². The molecule has 0 unspecified atom stereocenters. The molecule has 1 aliphatic rings. The van der Waals surface area contributed by atoms with Gasteiger partial charge in [0.15, 0.2) is 0 Å². The molecule has 0 atom stereocenters. The van der Waals surface area contributed by atoms with Gasteiger partial charge in [-0.2, -0.15) is 0 Å². The number of hydrogen-bond acceptors (Lipinski definition) is 5. The van der Waals surface area contributed by atoms with E-state index in [-0.39, 0.29) is 12.5 Å². The van der Waals surface area contributed by atoms with Crippen molar-refractivity contribution in [1.82, 2.24) is 10.3 Å². The van der Waals surface area contributed by atoms with E-state index in [0.717, 1.165) is 36.5 Å². The molecular formula is C30H28N4O3. The molecule has 1 aromatic heterocycles. The van der Waals surface area contributed by atoms with Crippen molar-refractivity contribution in [1.29, 1.82) is 0 Å². The number of amides is 2. The number of aromatic nitrogens is 1. The number of carbonyl (C=O) groups excluding carboxylic acids is 2. The van der Waals surface area contributed by atoms with Crippen LogP contribution in [-0.4, -0.2) is 23.3 Å². The lowest BCUT2D eigenvalue weighted by molar-refractivity contribution is 0.0949. The maximum atomic E-state index is 12.8. The number of pyridine rings is 1. The Kier molecular flexibility index (Phi) is 7.12. The van der Waals surface area contributed by atoms with Crippen molar-refractivity contribution >= 4 is 17.6 Å². The van der Waals surface area contributed by atoms with E-state index in [4.69, 9.17) is 10.5 Å². The SMILES string of the molecule is NC(=O)c1ccccc1OCc1cccc(C(=O)NCc2ccc(N3CCc4ccccc4C3)nc2)c1. The zero-order valence-corrected chi connectivity index (χ0v) is 20.4. The van der Waals surface area contributed by atoms with E-state index in [0.29, 0.717) is 23.4 Å². The first-order valence-electron chi connectivity index (χ1n) is 12.2. The van der Waals surface area contributed by atoms with Gasteiger partial charge in [-0.15, -0.1) is 0 Å². The van der Waals surface area contributed by atoms with Crippen molar-refractivity contribution in [3.8, 4) is 5.75 Å². The third-order valence-corrected chi connectivity index (χ3v) is 6.45. The molecule has 3 N–H and O–H groups in total. The number of carbonyl (C=O) groups is 2. The Hall–Kier alpha value is -4.65. The van der Waals surface area contributed by atoms with Gasteiger partial charge in [-0.05, 0) is 59.0 Å². The summed E-state index contributed by atoms with van der Waals surface area (Å²) >= 11 is 0. The zero-order chi connectivity index (χ0) is 25.6. The summed E-state index contributed by atoms with van der Waals surface area (Å²) in [5.41, 5.74) is 10.7. The van der Waals surface area contributed by atoms with E-state index >= 15 is 0 Å². The zero-order valence-electron chi connectivity index (χ0n) is 20.4. The van der Waals surface area contributed by atoms with Gasteiger partial charge in [-0.3, -0.25) is 9.59 Å². The number of rotatable bonds is 8. The van der Waals surface area contributed by atoms with Crippen LogP contribution in [0.5, 0.6) is 5.75 Å². The monoisotopic (exact) mass is 492 g/mol. The number of primary amides is 1. The van der Waals surface area contributed by atoms with Gasteiger partial charge in [0.2, 0.25) is 0 Å². The molecular weight excluding hydrogens is 464 g/mol. The summed E-state index contributed by atoms with van der Waals surface area (Å²) < 4.78 is 5.78. The summed E-state index contributed by atoms with van der Waals surface area (Å²) in [5, 5.41) is 2.96. The van der Waals surface area contributed by atoms with Crippen LogP contribution in [0.25, 0.3) is 0 Å². The number of ether oxygens (including phenoxy) is 1. The van der Waals surface area contributed by atoms with Crippen molar-refractivity contribution in [2.45, 2.75) is 26.1 Å². The predicted octanol–water partition coefficient (Wildman–Crippen LogP) is 4.25. The summed E-state index contributed by atoms with van der Waals surface area (Å²) in [6.45, 7) is 2.38. The van der Waals surface area contributed by atoms with Crippen LogP contribution >= 0.6 is 0 Å². The molecule has 0 aliphatic carbocycles. The first kappa shape index (κ1) is 24.1. The molecule has 0 saturated heterocycles. The maximum absolute atomic E-state index is 12.8. The van der Waals surface area contributed by atoms with Crippen LogP contribution in [0.15, 0.2) is 91.1 Å². The fraction of sp³-hybridized carbons (Fsp3) is 0.167. The summed E-state index contributed by atoms with van der Waals surface area (Å²) in [6, 6.07) is 26.6. The predicted molar refractivity (Wildman–Crippen MR) is 142 cm³/mol. The van der Waals surface area contributed by atoms with E-state index in [9.17, 15) is 9.59 Å². The van der Waals surface area contributed by atoms with Gasteiger partial charge < -0.3 is 20.7 Å². The fourth-order valence-electron chi connectivity index (χ4n) is 4.44. The summed E-state index contributed by atoms with van der Waals surface area (Å²) in [7, 11) is 0. The Labute approximate surface area is 215 Å². The molecule has 0 radical (unpaired) electrons. The molecule has 7 nitrogen and oxygen atoms in total. The third kappa shape index (κ3) is 5.78. The summed E-state index contributed by atoms with van der Waals surface area (Å²) in [6.07, 6.45) is 2.83. The van der Waals surface area contributed by atoms with E-state index in [2.05, 4.69) is 39.5 Å². The van der Waals surface area contributed by atoms with Crippen LogP contribution in [0.3, 0.4) is 0 Å². The lowest BCUT2D eigenvalue weighted by atomic mass is 10.00. The lowest BCUT2D eigenvalue weighted by Crippen LogP contribution is -2.31. The molecule has 2 heterocycles.